The van der Waals surface area contributed by atoms with Crippen LogP contribution in [-0.4, -0.2) is 25.6 Å². The molecule has 4 aromatic rings. The van der Waals surface area contributed by atoms with E-state index in [1.807, 2.05) is 36.6 Å². The summed E-state index contributed by atoms with van der Waals surface area (Å²) in [7, 11) is 0. The molecule has 0 atom stereocenters. The second-order valence-corrected chi connectivity index (χ2v) is 8.48. The van der Waals surface area contributed by atoms with Gasteiger partial charge in [0.15, 0.2) is 0 Å². The number of ether oxygens (including phenoxy) is 1. The van der Waals surface area contributed by atoms with E-state index in [2.05, 4.69) is 4.98 Å². The summed E-state index contributed by atoms with van der Waals surface area (Å²) in [6.07, 6.45) is 1.57. The Morgan fingerprint density at radius 2 is 1.91 bits per heavy atom. The van der Waals surface area contributed by atoms with Crippen LogP contribution in [0.1, 0.15) is 38.6 Å². The predicted molar refractivity (Wildman–Crippen MR) is 125 cm³/mol. The lowest BCUT2D eigenvalue weighted by molar-refractivity contribution is 0.0693. The Bertz CT molecular complexity index is 1350. The molecule has 0 aliphatic rings. The lowest BCUT2D eigenvalue weighted by Crippen LogP contribution is -2.08. The summed E-state index contributed by atoms with van der Waals surface area (Å²) in [5.41, 5.74) is 4.98. The molecule has 0 spiro atoms. The second-order valence-electron chi connectivity index (χ2n) is 7.64. The molecule has 0 radical (unpaired) electrons. The summed E-state index contributed by atoms with van der Waals surface area (Å²) in [5.74, 6) is 0.485. The first kappa shape index (κ1) is 22.1. The van der Waals surface area contributed by atoms with Crippen molar-refractivity contribution >= 4 is 40.2 Å². The molecule has 1 N–H and O–H groups in total. The summed E-state index contributed by atoms with van der Waals surface area (Å²) >= 11 is 12.3. The molecule has 0 amide bonds. The molecule has 0 fully saturated rings. The first-order valence-corrected chi connectivity index (χ1v) is 10.7. The van der Waals surface area contributed by atoms with Crippen LogP contribution in [0.15, 0.2) is 42.6 Å². The van der Waals surface area contributed by atoms with Crippen molar-refractivity contribution in [1.82, 2.24) is 14.5 Å². The number of aromatic nitrogens is 3. The van der Waals surface area contributed by atoms with Crippen LogP contribution in [0, 0.1) is 20.8 Å². The quantitative estimate of drug-likeness (QED) is 0.375. The van der Waals surface area contributed by atoms with Gasteiger partial charge in [-0.15, -0.1) is 0 Å². The maximum Gasteiger partial charge on any atom is 0.336 e. The van der Waals surface area contributed by atoms with E-state index in [0.717, 1.165) is 22.4 Å². The smallest absolute Gasteiger partial charge is 0.336 e. The number of pyridine rings is 1. The van der Waals surface area contributed by atoms with Crippen LogP contribution < -0.4 is 4.74 Å². The first-order valence-electron chi connectivity index (χ1n) is 9.96. The number of imidazole rings is 1. The Balaban J connectivity index is 1.68. The molecule has 2 aromatic carbocycles. The Morgan fingerprint density at radius 1 is 1.12 bits per heavy atom. The highest BCUT2D eigenvalue weighted by molar-refractivity contribution is 6.34. The number of benzene rings is 2. The summed E-state index contributed by atoms with van der Waals surface area (Å²) in [6, 6.07) is 10.9. The summed E-state index contributed by atoms with van der Waals surface area (Å²) in [5, 5.41) is 10.5. The summed E-state index contributed by atoms with van der Waals surface area (Å²) in [4.78, 5) is 20.7. The molecule has 0 bridgehead atoms. The van der Waals surface area contributed by atoms with E-state index in [1.54, 1.807) is 31.3 Å². The minimum absolute atomic E-state index is 0.145. The Hall–Kier alpha value is -3.09. The second kappa shape index (κ2) is 8.81. The number of nitrogens with zero attached hydrogens (tertiary/aromatic N) is 3. The highest BCUT2D eigenvalue weighted by Gasteiger charge is 2.16. The van der Waals surface area contributed by atoms with E-state index in [-0.39, 0.29) is 12.2 Å². The van der Waals surface area contributed by atoms with Crippen molar-refractivity contribution in [3.05, 3.63) is 86.4 Å². The van der Waals surface area contributed by atoms with E-state index in [4.69, 9.17) is 32.9 Å². The van der Waals surface area contributed by atoms with Gasteiger partial charge in [0.05, 0.1) is 38.9 Å². The zero-order valence-corrected chi connectivity index (χ0v) is 19.3. The van der Waals surface area contributed by atoms with Gasteiger partial charge in [-0.25, -0.2) is 9.78 Å². The number of hydrogen-bond donors (Lipinski definition) is 1. The third kappa shape index (κ3) is 4.29. The van der Waals surface area contributed by atoms with Crippen LogP contribution in [0.2, 0.25) is 10.0 Å². The minimum atomic E-state index is -0.964. The number of fused-ring (bicyclic) bond motifs is 1. The number of carboxylic acid groups (broad SMARTS) is 1. The van der Waals surface area contributed by atoms with Crippen LogP contribution in [0.25, 0.3) is 11.0 Å². The minimum Gasteiger partial charge on any atom is -0.489 e. The van der Waals surface area contributed by atoms with Crippen LogP contribution in [0.4, 0.5) is 0 Å². The molecule has 2 aromatic heterocycles. The van der Waals surface area contributed by atoms with Gasteiger partial charge in [-0.2, -0.15) is 0 Å². The van der Waals surface area contributed by atoms with Gasteiger partial charge in [0.2, 0.25) is 0 Å². The molecule has 2 heterocycles. The normalized spacial score (nSPS) is 11.2. The number of aryl methyl sites for hydroxylation is 3. The van der Waals surface area contributed by atoms with E-state index in [9.17, 15) is 9.90 Å². The van der Waals surface area contributed by atoms with Gasteiger partial charge in [-0.05, 0) is 44.0 Å². The average Bonchev–Trinajstić information content (AvgIpc) is 3.04. The monoisotopic (exact) mass is 469 g/mol. The lowest BCUT2D eigenvalue weighted by atomic mass is 10.0. The van der Waals surface area contributed by atoms with Crippen molar-refractivity contribution in [2.75, 3.05) is 0 Å². The fraction of sp³-hybridized carbons (Fsp3) is 0.208. The molecule has 164 valence electrons. The standard InChI is InChI=1S/C24H21Cl2N3O3/c1-13-5-4-6-16(22(13)24(30)31)12-32-18-7-14(2)23-21(9-18)29(15(3)28-23)11-20-19(26)8-17(25)10-27-20/h4-10H,11-12H2,1-3H3,(H,30,31). The average molecular weight is 470 g/mol. The Kier molecular flexibility index (Phi) is 6.09. The maximum absolute atomic E-state index is 11.7. The van der Waals surface area contributed by atoms with Crippen molar-refractivity contribution in [2.24, 2.45) is 0 Å². The Morgan fingerprint density at radius 3 is 2.62 bits per heavy atom. The third-order valence-corrected chi connectivity index (χ3v) is 5.90. The third-order valence-electron chi connectivity index (χ3n) is 5.37. The number of halogens is 2. The molecule has 0 aliphatic carbocycles. The topological polar surface area (TPSA) is 77.2 Å². The lowest BCUT2D eigenvalue weighted by Gasteiger charge is -2.13. The number of rotatable bonds is 6. The fourth-order valence-electron chi connectivity index (χ4n) is 3.78. The molecule has 0 unspecified atom stereocenters. The molecule has 4 rings (SSSR count). The van der Waals surface area contributed by atoms with Gasteiger partial charge in [0.1, 0.15) is 18.2 Å². The van der Waals surface area contributed by atoms with Crippen molar-refractivity contribution in [1.29, 1.82) is 0 Å². The molecular formula is C24H21Cl2N3O3. The highest BCUT2D eigenvalue weighted by atomic mass is 35.5. The summed E-state index contributed by atoms with van der Waals surface area (Å²) in [6.45, 7) is 6.25. The number of aromatic carboxylic acids is 1. The SMILES string of the molecule is Cc1cccc(COc2cc(C)c3nc(C)n(Cc4ncc(Cl)cc4Cl)c3c2)c1C(=O)O. The molecule has 0 aliphatic heterocycles. The van der Waals surface area contributed by atoms with E-state index < -0.39 is 5.97 Å². The van der Waals surface area contributed by atoms with Gasteiger partial charge >= 0.3 is 5.97 Å². The van der Waals surface area contributed by atoms with Crippen molar-refractivity contribution in [2.45, 2.75) is 33.9 Å². The van der Waals surface area contributed by atoms with Crippen LogP contribution >= 0.6 is 23.2 Å². The maximum atomic E-state index is 11.7. The molecular weight excluding hydrogens is 449 g/mol. The van der Waals surface area contributed by atoms with E-state index >= 15 is 0 Å². The van der Waals surface area contributed by atoms with E-state index in [1.165, 1.54) is 0 Å². The van der Waals surface area contributed by atoms with Gasteiger partial charge < -0.3 is 14.4 Å². The molecule has 32 heavy (non-hydrogen) atoms. The molecule has 8 heteroatoms. The molecule has 6 nitrogen and oxygen atoms in total. The number of hydrogen-bond acceptors (Lipinski definition) is 4. The van der Waals surface area contributed by atoms with Crippen LogP contribution in [0.5, 0.6) is 5.75 Å². The van der Waals surface area contributed by atoms with Gasteiger partial charge in [0, 0.05) is 17.8 Å². The van der Waals surface area contributed by atoms with Crippen molar-refractivity contribution < 1.29 is 14.6 Å². The van der Waals surface area contributed by atoms with Crippen LogP contribution in [0.3, 0.4) is 0 Å². The molecule has 0 saturated heterocycles. The Labute approximate surface area is 195 Å². The predicted octanol–water partition coefficient (Wildman–Crippen LogP) is 5.99. The van der Waals surface area contributed by atoms with E-state index in [0.29, 0.717) is 39.2 Å². The first-order chi connectivity index (χ1) is 15.2. The largest absolute Gasteiger partial charge is 0.489 e. The highest BCUT2D eigenvalue weighted by Crippen LogP contribution is 2.29. The zero-order chi connectivity index (χ0) is 23.0. The van der Waals surface area contributed by atoms with Crippen molar-refractivity contribution in [3.63, 3.8) is 0 Å². The van der Waals surface area contributed by atoms with Gasteiger partial charge in [0.25, 0.3) is 0 Å². The number of carboxylic acids is 1. The van der Waals surface area contributed by atoms with Crippen LogP contribution in [-0.2, 0) is 13.2 Å². The fourth-order valence-corrected chi connectivity index (χ4v) is 4.22. The summed E-state index contributed by atoms with van der Waals surface area (Å²) < 4.78 is 8.04. The van der Waals surface area contributed by atoms with Gasteiger partial charge in [-0.1, -0.05) is 41.4 Å². The van der Waals surface area contributed by atoms with Crippen molar-refractivity contribution in [3.8, 4) is 5.75 Å². The molecule has 0 saturated carbocycles. The zero-order valence-electron chi connectivity index (χ0n) is 17.8. The number of carbonyl (C=O) groups is 1. The van der Waals surface area contributed by atoms with Gasteiger partial charge in [-0.3, -0.25) is 4.98 Å².